The van der Waals surface area contributed by atoms with Gasteiger partial charge in [-0.15, -0.1) is 0 Å². The van der Waals surface area contributed by atoms with Crippen LogP contribution in [0.1, 0.15) is 24.0 Å². The molecule has 38 heavy (non-hydrogen) atoms. The Morgan fingerprint density at radius 3 is 2.79 bits per heavy atom. The zero-order valence-electron chi connectivity index (χ0n) is 19.9. The number of hydrogen-bond donors (Lipinski definition) is 3. The summed E-state index contributed by atoms with van der Waals surface area (Å²) < 4.78 is 44.6. The summed E-state index contributed by atoms with van der Waals surface area (Å²) in [5, 5.41) is 16.4. The van der Waals surface area contributed by atoms with Gasteiger partial charge in [-0.2, -0.15) is 13.2 Å². The predicted molar refractivity (Wildman–Crippen MR) is 137 cm³/mol. The number of amides is 1. The summed E-state index contributed by atoms with van der Waals surface area (Å²) in [4.78, 5) is 23.3. The van der Waals surface area contributed by atoms with Crippen LogP contribution in [0.25, 0.3) is 6.08 Å². The van der Waals surface area contributed by atoms with Crippen LogP contribution in [0.3, 0.4) is 0 Å². The van der Waals surface area contributed by atoms with E-state index in [0.29, 0.717) is 60.9 Å². The van der Waals surface area contributed by atoms with Gasteiger partial charge >= 0.3 is 6.18 Å². The van der Waals surface area contributed by atoms with Gasteiger partial charge < -0.3 is 25.4 Å². The third kappa shape index (κ3) is 5.68. The molecule has 1 aromatic heterocycles. The monoisotopic (exact) mass is 545 g/mol. The lowest BCUT2D eigenvalue weighted by Crippen LogP contribution is -2.31. The van der Waals surface area contributed by atoms with E-state index in [2.05, 4.69) is 20.6 Å². The summed E-state index contributed by atoms with van der Waals surface area (Å²) in [6.45, 7) is 1.31. The minimum atomic E-state index is -4.49. The Kier molecular flexibility index (Phi) is 7.13. The predicted octanol–water partition coefficient (Wildman–Crippen LogP) is 5.48. The summed E-state index contributed by atoms with van der Waals surface area (Å²) in [5.74, 6) is 1.04. The Bertz CT molecular complexity index is 1400. The zero-order chi connectivity index (χ0) is 26.9. The number of aliphatic hydroxyl groups excluding tert-OH is 1. The van der Waals surface area contributed by atoms with Gasteiger partial charge in [0.25, 0.3) is 0 Å². The molecule has 3 heterocycles. The first-order valence-corrected chi connectivity index (χ1v) is 12.2. The number of benzene rings is 2. The number of carbonyl (C=O) groups excluding carboxylic acids is 1. The molecule has 3 N–H and O–H groups in total. The van der Waals surface area contributed by atoms with E-state index in [1.54, 1.807) is 23.1 Å². The van der Waals surface area contributed by atoms with Crippen LogP contribution in [0.5, 0.6) is 11.5 Å². The van der Waals surface area contributed by atoms with E-state index < -0.39 is 17.8 Å². The Balaban J connectivity index is 1.37. The standard InChI is InChI=1S/C26H23ClF3N5O3/c27-21-12-17(4-5-22(21)38-19-3-1-2-16(11-19)26(28,29)30)34-24-20-10-15(6-8-31-23(20)32-14-33-24)25(37)35-9-7-18(36)13-35/h1-5,10-12,14,18,36H,6-9,13H2,(H2,31,32,33,34). The van der Waals surface area contributed by atoms with Crippen molar-refractivity contribution in [3.63, 3.8) is 0 Å². The van der Waals surface area contributed by atoms with E-state index in [0.717, 1.165) is 12.1 Å². The molecular formula is C26H23ClF3N5O3. The number of anilines is 3. The second kappa shape index (κ2) is 10.5. The molecule has 1 unspecified atom stereocenters. The highest BCUT2D eigenvalue weighted by Crippen LogP contribution is 2.37. The van der Waals surface area contributed by atoms with Crippen LogP contribution in [0.4, 0.5) is 30.5 Å². The smallest absolute Gasteiger partial charge is 0.416 e. The molecule has 0 spiro atoms. The summed E-state index contributed by atoms with van der Waals surface area (Å²) in [7, 11) is 0. The lowest BCUT2D eigenvalue weighted by molar-refractivity contribution is -0.137. The zero-order valence-corrected chi connectivity index (χ0v) is 20.7. The molecule has 12 heteroatoms. The molecule has 3 aromatic rings. The maximum absolute atomic E-state index is 13.1. The number of carbonyl (C=O) groups is 1. The number of fused-ring (bicyclic) bond motifs is 1. The van der Waals surface area contributed by atoms with Crippen LogP contribution in [0.2, 0.25) is 5.02 Å². The van der Waals surface area contributed by atoms with E-state index in [1.165, 1.54) is 24.5 Å². The number of hydrogen-bond acceptors (Lipinski definition) is 7. The molecule has 0 aliphatic carbocycles. The molecule has 1 saturated heterocycles. The lowest BCUT2D eigenvalue weighted by Gasteiger charge is -2.17. The average Bonchev–Trinajstić information content (AvgIpc) is 3.19. The van der Waals surface area contributed by atoms with Crippen LogP contribution < -0.4 is 15.4 Å². The van der Waals surface area contributed by atoms with E-state index >= 15 is 0 Å². The van der Waals surface area contributed by atoms with Crippen molar-refractivity contribution in [3.05, 3.63) is 70.5 Å². The van der Waals surface area contributed by atoms with Crippen molar-refractivity contribution in [2.45, 2.75) is 25.1 Å². The number of likely N-dealkylation sites (tertiary alicyclic amines) is 1. The fourth-order valence-electron chi connectivity index (χ4n) is 4.29. The number of aromatic nitrogens is 2. The van der Waals surface area contributed by atoms with Crippen molar-refractivity contribution in [2.24, 2.45) is 0 Å². The molecule has 2 aliphatic rings. The van der Waals surface area contributed by atoms with Crippen molar-refractivity contribution in [1.29, 1.82) is 0 Å². The first-order chi connectivity index (χ1) is 18.2. The van der Waals surface area contributed by atoms with E-state index in [4.69, 9.17) is 16.3 Å². The highest BCUT2D eigenvalue weighted by Gasteiger charge is 2.31. The fourth-order valence-corrected chi connectivity index (χ4v) is 4.51. The number of aliphatic hydroxyl groups is 1. The highest BCUT2D eigenvalue weighted by molar-refractivity contribution is 6.32. The van der Waals surface area contributed by atoms with Crippen molar-refractivity contribution < 1.29 is 27.8 Å². The summed E-state index contributed by atoms with van der Waals surface area (Å²) in [5.41, 5.74) is 0.884. The molecule has 1 atom stereocenters. The van der Waals surface area contributed by atoms with Gasteiger partial charge in [-0.25, -0.2) is 9.97 Å². The highest BCUT2D eigenvalue weighted by atomic mass is 35.5. The quantitative estimate of drug-likeness (QED) is 0.390. The molecule has 1 fully saturated rings. The average molecular weight is 546 g/mol. The van der Waals surface area contributed by atoms with Crippen LogP contribution in [0.15, 0.2) is 54.4 Å². The number of alkyl halides is 3. The number of nitrogens with zero attached hydrogens (tertiary/aromatic N) is 3. The number of ether oxygens (including phenoxy) is 1. The van der Waals surface area contributed by atoms with Gasteiger partial charge in [0.15, 0.2) is 0 Å². The van der Waals surface area contributed by atoms with Gasteiger partial charge in [0.05, 0.1) is 22.3 Å². The first-order valence-electron chi connectivity index (χ1n) is 11.9. The van der Waals surface area contributed by atoms with E-state index in [-0.39, 0.29) is 22.4 Å². The summed E-state index contributed by atoms with van der Waals surface area (Å²) in [6, 6.07) is 9.28. The normalized spacial score (nSPS) is 17.2. The van der Waals surface area contributed by atoms with Gasteiger partial charge in [0.2, 0.25) is 5.91 Å². The minimum absolute atomic E-state index is 0.00230. The Hall–Kier alpha value is -3.83. The molecule has 2 aliphatic heterocycles. The second-order valence-corrected chi connectivity index (χ2v) is 9.33. The molecule has 0 saturated carbocycles. The topological polar surface area (TPSA) is 99.6 Å². The largest absolute Gasteiger partial charge is 0.456 e. The summed E-state index contributed by atoms with van der Waals surface area (Å²) in [6.07, 6.45) is -0.833. The van der Waals surface area contributed by atoms with Gasteiger partial charge in [-0.05, 0) is 55.3 Å². The Morgan fingerprint density at radius 1 is 1.21 bits per heavy atom. The molecular weight excluding hydrogens is 523 g/mol. The molecule has 0 bridgehead atoms. The molecule has 0 radical (unpaired) electrons. The molecule has 2 aromatic carbocycles. The van der Waals surface area contributed by atoms with Crippen molar-refractivity contribution in [3.8, 4) is 11.5 Å². The molecule has 5 rings (SSSR count). The van der Waals surface area contributed by atoms with Crippen LogP contribution in [-0.4, -0.2) is 51.6 Å². The Labute approximate surface area is 221 Å². The number of rotatable bonds is 5. The first kappa shape index (κ1) is 25.8. The maximum atomic E-state index is 13.1. The van der Waals surface area contributed by atoms with E-state index in [9.17, 15) is 23.1 Å². The maximum Gasteiger partial charge on any atom is 0.416 e. The van der Waals surface area contributed by atoms with Crippen molar-refractivity contribution in [1.82, 2.24) is 14.9 Å². The molecule has 8 nitrogen and oxygen atoms in total. The third-order valence-electron chi connectivity index (χ3n) is 6.20. The lowest BCUT2D eigenvalue weighted by atomic mass is 10.1. The van der Waals surface area contributed by atoms with Gasteiger partial charge in [-0.3, -0.25) is 4.79 Å². The fraction of sp³-hybridized carbons (Fsp3) is 0.269. The molecule has 198 valence electrons. The van der Waals surface area contributed by atoms with E-state index in [1.807, 2.05) is 0 Å². The van der Waals surface area contributed by atoms with Gasteiger partial charge in [-0.1, -0.05) is 17.7 Å². The van der Waals surface area contributed by atoms with Crippen molar-refractivity contribution in [2.75, 3.05) is 30.3 Å². The third-order valence-corrected chi connectivity index (χ3v) is 6.49. The van der Waals surface area contributed by atoms with Crippen molar-refractivity contribution >= 4 is 40.9 Å². The second-order valence-electron chi connectivity index (χ2n) is 8.92. The number of nitrogens with one attached hydrogen (secondary N) is 2. The number of β-amino-alcohol motifs (C(OH)–C–C–N with tert-alkyl or cyclic N) is 1. The minimum Gasteiger partial charge on any atom is -0.456 e. The summed E-state index contributed by atoms with van der Waals surface area (Å²) >= 11 is 6.38. The SMILES string of the molecule is O=C(C1=Cc2c(ncnc2Nc2ccc(Oc3cccc(C(F)(F)F)c3)c(Cl)c2)NCC1)N1CCC(O)C1. The Morgan fingerprint density at radius 2 is 2.05 bits per heavy atom. The number of halogens is 4. The van der Waals surface area contributed by atoms with Crippen LogP contribution in [0, 0.1) is 0 Å². The molecule has 1 amide bonds. The van der Waals surface area contributed by atoms with Crippen LogP contribution >= 0.6 is 11.6 Å². The van der Waals surface area contributed by atoms with Crippen LogP contribution in [-0.2, 0) is 11.0 Å². The van der Waals surface area contributed by atoms with Gasteiger partial charge in [0.1, 0.15) is 29.5 Å². The van der Waals surface area contributed by atoms with Gasteiger partial charge in [0, 0.05) is 30.9 Å².